The van der Waals surface area contributed by atoms with Crippen LogP contribution < -0.4 is 19.7 Å². The van der Waals surface area contributed by atoms with Gasteiger partial charge in [0.25, 0.3) is 25.7 Å². The Morgan fingerprint density at radius 2 is 0.844 bits per heavy atom. The number of alkyl halides is 8. The van der Waals surface area contributed by atoms with Crippen LogP contribution >= 0.6 is 0 Å². The van der Waals surface area contributed by atoms with E-state index in [0.29, 0.717) is 90.2 Å². The quantitative estimate of drug-likeness (QED) is 0.0421. The van der Waals surface area contributed by atoms with E-state index in [1.165, 1.54) is 75.7 Å². The number of methoxy groups -OCH3 is 2. The van der Waals surface area contributed by atoms with Crippen molar-refractivity contribution in [3.05, 3.63) is 230 Å². The molecule has 0 radical (unpaired) electrons. The van der Waals surface area contributed by atoms with E-state index in [1.54, 1.807) is 63.2 Å². The van der Waals surface area contributed by atoms with Gasteiger partial charge in [0, 0.05) is 46.5 Å². The Bertz CT molecular complexity index is 3790. The summed E-state index contributed by atoms with van der Waals surface area (Å²) >= 11 is 0. The monoisotopic (exact) mass is 1560 g/mol. The molecule has 0 aromatic heterocycles. The van der Waals surface area contributed by atoms with Crippen LogP contribution in [-0.2, 0) is 77.2 Å². The average molecular weight is 1560 g/mol. The molecule has 596 valence electrons. The van der Waals surface area contributed by atoms with Gasteiger partial charge >= 0.3 is 36.5 Å². The van der Waals surface area contributed by atoms with E-state index in [1.807, 2.05) is 11.8 Å². The maximum absolute atomic E-state index is 12.9. The fourth-order valence-electron chi connectivity index (χ4n) is 8.47. The van der Waals surface area contributed by atoms with E-state index in [4.69, 9.17) is 67.9 Å². The number of aryl methyl sites for hydroxylation is 3. The van der Waals surface area contributed by atoms with Gasteiger partial charge in [0.1, 0.15) is 41.1 Å². The van der Waals surface area contributed by atoms with Crippen LogP contribution in [-0.4, -0.2) is 112 Å². The molecule has 0 aliphatic carbocycles. The molecule has 2 aliphatic rings. The van der Waals surface area contributed by atoms with Gasteiger partial charge in [-0.15, -0.1) is 0 Å². The molecule has 34 heteroatoms. The minimum absolute atomic E-state index is 0.0194. The number of aldehydes is 1. The molecular weight excluding hydrogens is 1480 g/mol. The molecule has 20 nitrogen and oxygen atoms in total. The zero-order valence-electron chi connectivity index (χ0n) is 59.6. The highest BCUT2D eigenvalue weighted by molar-refractivity contribution is 5.75. The van der Waals surface area contributed by atoms with Crippen LogP contribution in [0.15, 0.2) is 133 Å². The fourth-order valence-corrected chi connectivity index (χ4v) is 8.47. The van der Waals surface area contributed by atoms with Crippen molar-refractivity contribution < 1.29 is 148 Å². The minimum Gasteiger partial charge on any atom is -0.495 e. The summed E-state index contributed by atoms with van der Waals surface area (Å²) in [4.78, 5) is 100.0. The van der Waals surface area contributed by atoms with Crippen molar-refractivity contribution in [1.82, 2.24) is 5.32 Å². The highest BCUT2D eigenvalue weighted by atomic mass is 19.3. The topological polar surface area (TPSA) is 301 Å². The maximum Gasteiger partial charge on any atom is 0.373 e. The van der Waals surface area contributed by atoms with Gasteiger partial charge in [0.05, 0.1) is 64.8 Å². The average Bonchev–Trinajstić information content (AvgIpc) is 0.816. The molecule has 0 atom stereocenters. The van der Waals surface area contributed by atoms with Crippen LogP contribution in [0.2, 0.25) is 0 Å². The summed E-state index contributed by atoms with van der Waals surface area (Å²) in [5, 5.41) is 28.8. The predicted octanol–water partition coefficient (Wildman–Crippen LogP) is 14.6. The molecule has 0 saturated carbocycles. The zero-order chi connectivity index (χ0) is 83.6. The summed E-state index contributed by atoms with van der Waals surface area (Å²) in [5.41, 5.74) is 2.83. The lowest BCUT2D eigenvalue weighted by molar-refractivity contribution is -0.193. The summed E-state index contributed by atoms with van der Waals surface area (Å²) < 4.78 is 193. The third-order valence-corrected chi connectivity index (χ3v) is 14.1. The highest BCUT2D eigenvalue weighted by Crippen LogP contribution is 2.36. The van der Waals surface area contributed by atoms with Crippen molar-refractivity contribution in [2.24, 2.45) is 11.8 Å². The van der Waals surface area contributed by atoms with Crippen molar-refractivity contribution in [3.63, 3.8) is 0 Å². The van der Waals surface area contributed by atoms with Crippen LogP contribution in [0.3, 0.4) is 0 Å². The second kappa shape index (κ2) is 61.0. The van der Waals surface area contributed by atoms with Crippen LogP contribution in [0.1, 0.15) is 131 Å². The third-order valence-electron chi connectivity index (χ3n) is 14.1. The van der Waals surface area contributed by atoms with E-state index < -0.39 is 49.8 Å². The van der Waals surface area contributed by atoms with Crippen molar-refractivity contribution in [2.45, 2.75) is 106 Å². The minimum atomic E-state index is -2.67. The number of aliphatic hydroxyl groups excluding tert-OH is 3. The van der Waals surface area contributed by atoms with Gasteiger partial charge in [-0.3, -0.25) is 14.4 Å². The highest BCUT2D eigenvalue weighted by Gasteiger charge is 2.28. The molecule has 2 saturated heterocycles. The van der Waals surface area contributed by atoms with E-state index in [9.17, 15) is 75.8 Å². The molecule has 7 aromatic carbocycles. The maximum atomic E-state index is 12.9. The van der Waals surface area contributed by atoms with E-state index in [-0.39, 0.29) is 113 Å². The van der Waals surface area contributed by atoms with Gasteiger partial charge in [-0.1, -0.05) is 60.7 Å². The number of halogens is 14. The normalized spacial score (nSPS) is 11.5. The first-order valence-corrected chi connectivity index (χ1v) is 31.8. The van der Waals surface area contributed by atoms with E-state index >= 15 is 0 Å². The van der Waals surface area contributed by atoms with Crippen molar-refractivity contribution in [3.8, 4) is 11.5 Å². The van der Waals surface area contributed by atoms with E-state index in [2.05, 4.69) is 10.1 Å². The first-order valence-electron chi connectivity index (χ1n) is 31.8. The smallest absolute Gasteiger partial charge is 0.373 e. The number of hydrogen-bond donors (Lipinski definition) is 4. The van der Waals surface area contributed by atoms with Gasteiger partial charge < -0.3 is 44.5 Å². The second-order valence-electron chi connectivity index (χ2n) is 21.3. The molecule has 0 unspecified atom stereocenters. The van der Waals surface area contributed by atoms with Gasteiger partial charge in [0.15, 0.2) is 11.6 Å². The standard InChI is InChI=1S/C16H21F2NO3.2C8H7F3O.C8H7F3.C8H9FO.C8H7FO.C8H15NO2.C7H7FO.4CO2/c1-3-22-16(20)11-6-8-19(9-7-11)13-10-12(15(17)18)4-5-14(13)21-2;1-12-7-3-2-5(8(10)11)4-6(7)9;9-7-3-5(8(10)11)1-2-6(7)4-12;1-5-2-3-6(8(10)11)4-7(5)9;2*1-6-2-3-7(5-10)4-8(6)9;1-2-11-8(10)7-3-5-9-6-4-7;8-7-3-1-2-6(4-7)5-9;4*2-1-3/h4-5,10-11,15H,3,6-9H2,1-2H3;2-4,8H,1H3;1-3,8,12H,4H2;2-4,8H,1H3;2-4,10H,5H2,1H3;2-5H,1H3;7,9H,2-6H2,1H3;1-4,9H,5H2;;;;. The van der Waals surface area contributed by atoms with Gasteiger partial charge in [-0.25, -0.2) is 61.5 Å². The second-order valence-corrected chi connectivity index (χ2v) is 21.3. The Morgan fingerprint density at radius 1 is 0.468 bits per heavy atom. The first kappa shape index (κ1) is 102. The van der Waals surface area contributed by atoms with Crippen LogP contribution in [0.4, 0.5) is 67.2 Å². The molecule has 0 bridgehead atoms. The Balaban J connectivity index is -0.00000117. The van der Waals surface area contributed by atoms with Gasteiger partial charge in [-0.2, -0.15) is 38.4 Å². The molecule has 2 aliphatic heterocycles. The molecule has 2 fully saturated rings. The fraction of sp³-hybridized carbons (Fsp3) is 0.347. The molecule has 109 heavy (non-hydrogen) atoms. The number of piperidine rings is 2. The van der Waals surface area contributed by atoms with Gasteiger partial charge in [-0.05, 0) is 174 Å². The molecule has 2 heterocycles. The Morgan fingerprint density at radius 3 is 1.21 bits per heavy atom. The number of carbonyl (C=O) groups is 3. The lowest BCUT2D eigenvalue weighted by Crippen LogP contribution is -2.37. The summed E-state index contributed by atoms with van der Waals surface area (Å²) in [6.07, 6.45) is -5.63. The number of rotatable bonds is 15. The zero-order valence-corrected chi connectivity index (χ0v) is 59.6. The first-order chi connectivity index (χ1) is 51.8. The largest absolute Gasteiger partial charge is 0.495 e. The van der Waals surface area contributed by atoms with Crippen molar-refractivity contribution >= 4 is 48.5 Å². The molecule has 0 spiro atoms. The van der Waals surface area contributed by atoms with Gasteiger partial charge in [0.2, 0.25) is 0 Å². The Kier molecular flexibility index (Phi) is 57.1. The summed E-state index contributed by atoms with van der Waals surface area (Å²) in [6, 6.07) is 28.9. The summed E-state index contributed by atoms with van der Waals surface area (Å²) in [6.45, 7) is 11.8. The molecule has 7 aromatic rings. The molecule has 0 amide bonds. The summed E-state index contributed by atoms with van der Waals surface area (Å²) in [7, 11) is 2.80. The third kappa shape index (κ3) is 44.0. The number of aliphatic hydroxyl groups is 3. The van der Waals surface area contributed by atoms with Crippen LogP contribution in [0, 0.1) is 67.5 Å². The van der Waals surface area contributed by atoms with Crippen molar-refractivity contribution in [2.75, 3.05) is 58.5 Å². The SMILES string of the molecule is CCOC(=O)C1CCN(c2cc(C(F)F)ccc2OC)CC1.CCOC(=O)C1CCNCC1.COc1ccc(C(F)F)cc1F.Cc1ccc(C(F)F)cc1F.Cc1ccc(C=O)cc1F.Cc1ccc(CO)cc1F.O=C=O.O=C=O.O=C=O.O=C=O.OCc1ccc(C(F)F)cc1F.OCc1cccc(F)c1. The van der Waals surface area contributed by atoms with Crippen molar-refractivity contribution in [1.29, 1.82) is 0 Å². The number of ether oxygens (including phenoxy) is 4. The Hall–Kier alpha value is -11.1. The lowest BCUT2D eigenvalue weighted by atomic mass is 9.96. The predicted molar refractivity (Wildman–Crippen MR) is 359 cm³/mol. The summed E-state index contributed by atoms with van der Waals surface area (Å²) in [5.74, 6) is -2.65. The number of nitrogens with zero attached hydrogens (tertiary/aromatic N) is 1. The number of hydrogen-bond acceptors (Lipinski definition) is 20. The number of anilines is 1. The Labute approximate surface area is 617 Å². The van der Waals surface area contributed by atoms with Crippen LogP contribution in [0.25, 0.3) is 0 Å². The number of carbonyl (C=O) groups excluding carboxylic acids is 11. The van der Waals surface area contributed by atoms with E-state index in [0.717, 1.165) is 62.3 Å². The lowest BCUT2D eigenvalue weighted by Gasteiger charge is -2.33. The number of benzene rings is 7. The molecular formula is C75H80F14N2O18. The van der Waals surface area contributed by atoms with Crippen LogP contribution in [0.5, 0.6) is 11.5 Å². The number of nitrogens with one attached hydrogen (secondary N) is 1. The number of esters is 2. The molecule has 4 N–H and O–H groups in total. The molecule has 9 rings (SSSR count).